The zero-order valence-corrected chi connectivity index (χ0v) is 12.9. The molecule has 0 radical (unpaired) electrons. The molecule has 0 aromatic heterocycles. The Morgan fingerprint density at radius 2 is 2.00 bits per heavy atom. The van der Waals surface area contributed by atoms with E-state index in [1.165, 1.54) is 5.56 Å². The van der Waals surface area contributed by atoms with Gasteiger partial charge < -0.3 is 10.2 Å². The van der Waals surface area contributed by atoms with Crippen LogP contribution in [-0.4, -0.2) is 37.0 Å². The molecule has 1 aliphatic rings. The maximum absolute atomic E-state index is 11.8. The van der Waals surface area contributed by atoms with Gasteiger partial charge in [-0.05, 0) is 63.9 Å². The number of rotatable bonds is 6. The highest BCUT2D eigenvalue weighted by Gasteiger charge is 2.17. The molecular weight excluding hydrogens is 260 g/mol. The third-order valence-corrected chi connectivity index (χ3v) is 4.01. The summed E-state index contributed by atoms with van der Waals surface area (Å²) in [6.07, 6.45) is 8.92. The molecular formula is C18H26N2O. The third-order valence-electron chi connectivity index (χ3n) is 4.01. The van der Waals surface area contributed by atoms with Gasteiger partial charge in [-0.1, -0.05) is 36.4 Å². The molecule has 1 aromatic rings. The van der Waals surface area contributed by atoms with Gasteiger partial charge in [0.25, 0.3) is 0 Å². The van der Waals surface area contributed by atoms with Gasteiger partial charge in [0.2, 0.25) is 5.91 Å². The lowest BCUT2D eigenvalue weighted by Gasteiger charge is -2.29. The summed E-state index contributed by atoms with van der Waals surface area (Å²) in [5.41, 5.74) is 1.36. The minimum absolute atomic E-state index is 0.0595. The number of carbonyl (C=O) groups excluding carboxylic acids is 1. The van der Waals surface area contributed by atoms with E-state index >= 15 is 0 Å². The maximum atomic E-state index is 11.8. The van der Waals surface area contributed by atoms with Crippen LogP contribution < -0.4 is 5.32 Å². The zero-order valence-electron chi connectivity index (χ0n) is 12.9. The minimum Gasteiger partial charge on any atom is -0.350 e. The predicted octanol–water partition coefficient (Wildman–Crippen LogP) is 2.78. The molecule has 0 saturated carbocycles. The lowest BCUT2D eigenvalue weighted by molar-refractivity contribution is -0.117. The van der Waals surface area contributed by atoms with Crippen LogP contribution in [0.4, 0.5) is 0 Å². The molecule has 3 heteroatoms. The first kappa shape index (κ1) is 15.8. The second-order valence-electron chi connectivity index (χ2n) is 5.87. The van der Waals surface area contributed by atoms with Crippen LogP contribution in [0, 0.1) is 0 Å². The summed E-state index contributed by atoms with van der Waals surface area (Å²) in [5, 5.41) is 3.10. The molecule has 0 aliphatic carbocycles. The molecule has 0 bridgehead atoms. The first-order valence-corrected chi connectivity index (χ1v) is 7.93. The molecule has 1 N–H and O–H groups in total. The van der Waals surface area contributed by atoms with Crippen molar-refractivity contribution in [2.75, 3.05) is 20.1 Å². The van der Waals surface area contributed by atoms with Crippen molar-refractivity contribution in [3.05, 3.63) is 48.0 Å². The summed E-state index contributed by atoms with van der Waals surface area (Å²) in [6, 6.07) is 10.8. The van der Waals surface area contributed by atoms with E-state index in [4.69, 9.17) is 0 Å². The molecule has 1 fully saturated rings. The van der Waals surface area contributed by atoms with Crippen LogP contribution in [0.2, 0.25) is 0 Å². The van der Waals surface area contributed by atoms with Gasteiger partial charge in [0.15, 0.2) is 0 Å². The van der Waals surface area contributed by atoms with Crippen LogP contribution in [0.15, 0.2) is 42.5 Å². The normalized spacial score (nSPS) is 17.2. The summed E-state index contributed by atoms with van der Waals surface area (Å²) in [6.45, 7) is 2.15. The van der Waals surface area contributed by atoms with Gasteiger partial charge in [-0.2, -0.15) is 0 Å². The molecule has 0 unspecified atom stereocenters. The average Bonchev–Trinajstić information content (AvgIpc) is 2.50. The first-order chi connectivity index (χ1) is 10.2. The Hall–Kier alpha value is -1.61. The summed E-state index contributed by atoms with van der Waals surface area (Å²) in [4.78, 5) is 14.1. The van der Waals surface area contributed by atoms with Crippen molar-refractivity contribution in [2.24, 2.45) is 0 Å². The van der Waals surface area contributed by atoms with Gasteiger partial charge in [0, 0.05) is 6.04 Å². The molecule has 1 amide bonds. The third kappa shape index (κ3) is 6.13. The van der Waals surface area contributed by atoms with Gasteiger partial charge in [0.05, 0.1) is 0 Å². The second kappa shape index (κ2) is 8.63. The molecule has 1 heterocycles. The molecule has 1 saturated heterocycles. The maximum Gasteiger partial charge on any atom is 0.243 e. The largest absolute Gasteiger partial charge is 0.350 e. The number of allylic oxidation sites excluding steroid dienone is 1. The summed E-state index contributed by atoms with van der Waals surface area (Å²) in [5.74, 6) is 0.0595. The Balaban J connectivity index is 1.59. The van der Waals surface area contributed by atoms with Crippen LogP contribution in [0.25, 0.3) is 0 Å². The number of hydrogen-bond donors (Lipinski definition) is 1. The first-order valence-electron chi connectivity index (χ1n) is 7.93. The molecule has 1 aliphatic heterocycles. The molecule has 0 atom stereocenters. The number of amides is 1. The van der Waals surface area contributed by atoms with Gasteiger partial charge in [-0.3, -0.25) is 4.79 Å². The van der Waals surface area contributed by atoms with E-state index in [2.05, 4.69) is 41.5 Å². The Morgan fingerprint density at radius 3 is 2.71 bits per heavy atom. The number of nitrogens with one attached hydrogen (secondary N) is 1. The van der Waals surface area contributed by atoms with Crippen molar-refractivity contribution in [3.8, 4) is 0 Å². The summed E-state index contributed by atoms with van der Waals surface area (Å²) < 4.78 is 0. The Morgan fingerprint density at radius 1 is 1.29 bits per heavy atom. The number of aryl methyl sites for hydroxylation is 1. The minimum atomic E-state index is 0.0595. The van der Waals surface area contributed by atoms with Crippen LogP contribution in [-0.2, 0) is 11.2 Å². The Bertz CT molecular complexity index is 448. The molecule has 0 spiro atoms. The SMILES string of the molecule is CN1CCC(NC(=O)C=CCCCc2ccccc2)CC1. The lowest BCUT2D eigenvalue weighted by atomic mass is 10.1. The van der Waals surface area contributed by atoms with Gasteiger partial charge in [-0.25, -0.2) is 0 Å². The number of carbonyl (C=O) groups is 1. The Kier molecular flexibility index (Phi) is 6.48. The quantitative estimate of drug-likeness (QED) is 0.644. The topological polar surface area (TPSA) is 32.3 Å². The monoisotopic (exact) mass is 286 g/mol. The van der Waals surface area contributed by atoms with Crippen molar-refractivity contribution in [1.82, 2.24) is 10.2 Å². The summed E-state index contributed by atoms with van der Waals surface area (Å²) in [7, 11) is 2.13. The molecule has 1 aromatic carbocycles. The van der Waals surface area contributed by atoms with Crippen molar-refractivity contribution in [2.45, 2.75) is 38.1 Å². The van der Waals surface area contributed by atoms with Crippen LogP contribution in [0.1, 0.15) is 31.2 Å². The van der Waals surface area contributed by atoms with E-state index in [0.717, 1.165) is 45.2 Å². The zero-order chi connectivity index (χ0) is 14.9. The number of piperidine rings is 1. The van der Waals surface area contributed by atoms with Crippen molar-refractivity contribution in [3.63, 3.8) is 0 Å². The number of unbranched alkanes of at least 4 members (excludes halogenated alkanes) is 1. The number of nitrogens with zero attached hydrogens (tertiary/aromatic N) is 1. The molecule has 114 valence electrons. The smallest absolute Gasteiger partial charge is 0.243 e. The average molecular weight is 286 g/mol. The van der Waals surface area contributed by atoms with Crippen LogP contribution >= 0.6 is 0 Å². The van der Waals surface area contributed by atoms with Crippen molar-refractivity contribution >= 4 is 5.91 Å². The molecule has 3 nitrogen and oxygen atoms in total. The molecule has 2 rings (SSSR count). The fraction of sp³-hybridized carbons (Fsp3) is 0.500. The summed E-state index contributed by atoms with van der Waals surface area (Å²) >= 11 is 0. The van der Waals surface area contributed by atoms with E-state index in [-0.39, 0.29) is 5.91 Å². The Labute approximate surface area is 128 Å². The van der Waals surface area contributed by atoms with E-state index in [1.807, 2.05) is 12.1 Å². The van der Waals surface area contributed by atoms with E-state index < -0.39 is 0 Å². The number of likely N-dealkylation sites (tertiary alicyclic amines) is 1. The predicted molar refractivity (Wildman–Crippen MR) is 87.2 cm³/mol. The van der Waals surface area contributed by atoms with E-state index in [1.54, 1.807) is 6.08 Å². The molecule has 21 heavy (non-hydrogen) atoms. The van der Waals surface area contributed by atoms with Gasteiger partial charge in [-0.15, -0.1) is 0 Å². The van der Waals surface area contributed by atoms with Crippen molar-refractivity contribution < 1.29 is 4.79 Å². The van der Waals surface area contributed by atoms with Crippen LogP contribution in [0.5, 0.6) is 0 Å². The second-order valence-corrected chi connectivity index (χ2v) is 5.87. The van der Waals surface area contributed by atoms with Crippen LogP contribution in [0.3, 0.4) is 0 Å². The fourth-order valence-electron chi connectivity index (χ4n) is 2.66. The highest BCUT2D eigenvalue weighted by molar-refractivity contribution is 5.87. The number of hydrogen-bond acceptors (Lipinski definition) is 2. The lowest BCUT2D eigenvalue weighted by Crippen LogP contribution is -2.42. The van der Waals surface area contributed by atoms with Crippen molar-refractivity contribution in [1.29, 1.82) is 0 Å². The van der Waals surface area contributed by atoms with Gasteiger partial charge >= 0.3 is 0 Å². The fourth-order valence-corrected chi connectivity index (χ4v) is 2.66. The standard InChI is InChI=1S/C18H26N2O/c1-20-14-12-17(13-15-20)19-18(21)11-7-3-6-10-16-8-4-2-5-9-16/h2,4-5,7-9,11,17H,3,6,10,12-15H2,1H3,(H,19,21). The van der Waals surface area contributed by atoms with E-state index in [0.29, 0.717) is 6.04 Å². The highest BCUT2D eigenvalue weighted by Crippen LogP contribution is 2.08. The highest BCUT2D eigenvalue weighted by atomic mass is 16.1. The number of benzene rings is 1. The van der Waals surface area contributed by atoms with Gasteiger partial charge in [0.1, 0.15) is 0 Å². The van der Waals surface area contributed by atoms with E-state index in [9.17, 15) is 4.79 Å².